The van der Waals surface area contributed by atoms with Gasteiger partial charge in [0.1, 0.15) is 0 Å². The average Bonchev–Trinajstić information content (AvgIpc) is 1.80. The van der Waals surface area contributed by atoms with Crippen molar-refractivity contribution in [2.75, 3.05) is 12.5 Å². The Balaban J connectivity index is 2.83. The van der Waals surface area contributed by atoms with Crippen molar-refractivity contribution in [3.05, 3.63) is 0 Å². The molecule has 0 atom stereocenters. The summed E-state index contributed by atoms with van der Waals surface area (Å²) in [6.07, 6.45) is -0.349. The highest BCUT2D eigenvalue weighted by molar-refractivity contribution is 6.17. The van der Waals surface area contributed by atoms with Crippen molar-refractivity contribution in [2.24, 2.45) is 0 Å². The third-order valence-corrected chi connectivity index (χ3v) is 1.01. The van der Waals surface area contributed by atoms with Crippen LogP contribution in [0.1, 0.15) is 12.8 Å². The predicted molar refractivity (Wildman–Crippen MR) is 32.4 cm³/mol. The van der Waals surface area contributed by atoms with E-state index in [1.165, 1.54) is 0 Å². The molecule has 54 valence electrons. The molecule has 2 nitrogen and oxygen atoms in total. The molecule has 0 bridgehead atoms. The molecule has 0 rings (SSSR count). The molecule has 0 heterocycles. The fraction of sp³-hybridized carbons (Fsp3) is 0.800. The standard InChI is InChI=1S/C5H8ClFO2/c6-3-1-2-4-9-5(7)8/h1-4H2. The molecule has 0 spiro atoms. The fourth-order valence-electron chi connectivity index (χ4n) is 0.349. The minimum atomic E-state index is -1.72. The molecule has 0 aromatic rings. The number of unbranched alkanes of at least 4 members (excludes halogenated alkanes) is 1. The Morgan fingerprint density at radius 1 is 1.56 bits per heavy atom. The van der Waals surface area contributed by atoms with Gasteiger partial charge in [-0.25, -0.2) is 4.79 Å². The Morgan fingerprint density at radius 2 is 2.22 bits per heavy atom. The molecule has 0 aliphatic heterocycles. The summed E-state index contributed by atoms with van der Waals surface area (Å²) in [7, 11) is 0. The van der Waals surface area contributed by atoms with Gasteiger partial charge in [-0.3, -0.25) is 0 Å². The summed E-state index contributed by atoms with van der Waals surface area (Å²) in [5.74, 6) is 0.518. The number of hydrogen-bond donors (Lipinski definition) is 0. The average molecular weight is 155 g/mol. The van der Waals surface area contributed by atoms with Crippen molar-refractivity contribution < 1.29 is 13.9 Å². The van der Waals surface area contributed by atoms with Gasteiger partial charge < -0.3 is 4.74 Å². The van der Waals surface area contributed by atoms with Gasteiger partial charge in [0.15, 0.2) is 0 Å². The summed E-state index contributed by atoms with van der Waals surface area (Å²) in [4.78, 5) is 9.49. The SMILES string of the molecule is O=C(F)OCCCCCl. The van der Waals surface area contributed by atoms with E-state index in [4.69, 9.17) is 11.6 Å². The van der Waals surface area contributed by atoms with Crippen LogP contribution in [-0.2, 0) is 4.74 Å². The highest BCUT2D eigenvalue weighted by Crippen LogP contribution is 1.93. The number of alkyl halides is 1. The Labute approximate surface area is 57.9 Å². The summed E-state index contributed by atoms with van der Waals surface area (Å²) >= 11 is 5.28. The van der Waals surface area contributed by atoms with Crippen LogP contribution in [0.3, 0.4) is 0 Å². The van der Waals surface area contributed by atoms with Crippen LogP contribution >= 0.6 is 11.6 Å². The van der Waals surface area contributed by atoms with Crippen LogP contribution < -0.4 is 0 Å². The lowest BCUT2D eigenvalue weighted by Crippen LogP contribution is -1.97. The van der Waals surface area contributed by atoms with E-state index in [0.29, 0.717) is 12.3 Å². The monoisotopic (exact) mass is 154 g/mol. The van der Waals surface area contributed by atoms with E-state index in [9.17, 15) is 9.18 Å². The van der Waals surface area contributed by atoms with Gasteiger partial charge in [0, 0.05) is 5.88 Å². The van der Waals surface area contributed by atoms with Crippen LogP contribution in [0.5, 0.6) is 0 Å². The Kier molecular flexibility index (Phi) is 5.62. The third kappa shape index (κ3) is 7.69. The van der Waals surface area contributed by atoms with E-state index in [1.807, 2.05) is 0 Å². The van der Waals surface area contributed by atoms with Gasteiger partial charge in [-0.05, 0) is 12.8 Å². The number of ether oxygens (including phenoxy) is 1. The Bertz CT molecular complexity index is 87.0. The van der Waals surface area contributed by atoms with Crippen molar-refractivity contribution in [3.8, 4) is 0 Å². The van der Waals surface area contributed by atoms with E-state index in [0.717, 1.165) is 6.42 Å². The molecule has 0 amide bonds. The maximum atomic E-state index is 11.2. The van der Waals surface area contributed by atoms with Crippen LogP contribution in [0, 0.1) is 0 Å². The Morgan fingerprint density at radius 3 is 2.67 bits per heavy atom. The summed E-state index contributed by atoms with van der Waals surface area (Å²) in [6.45, 7) is 0.127. The van der Waals surface area contributed by atoms with Crippen LogP contribution in [0.2, 0.25) is 0 Å². The molecule has 0 unspecified atom stereocenters. The normalized spacial score (nSPS) is 9.11. The quantitative estimate of drug-likeness (QED) is 0.352. The number of halogens is 2. The van der Waals surface area contributed by atoms with Gasteiger partial charge in [0.2, 0.25) is 0 Å². The molecule has 0 N–H and O–H groups in total. The molecule has 0 aromatic carbocycles. The second kappa shape index (κ2) is 5.82. The molecule has 0 saturated carbocycles. The number of carbonyl (C=O) groups is 1. The van der Waals surface area contributed by atoms with Gasteiger partial charge in [-0.2, -0.15) is 0 Å². The molecule has 0 aliphatic rings. The smallest absolute Gasteiger partial charge is 0.440 e. The van der Waals surface area contributed by atoms with Gasteiger partial charge in [-0.1, -0.05) is 0 Å². The lowest BCUT2D eigenvalue weighted by molar-refractivity contribution is 0.119. The largest absolute Gasteiger partial charge is 0.495 e. The maximum Gasteiger partial charge on any atom is 0.495 e. The summed E-state index contributed by atoms with van der Waals surface area (Å²) in [5, 5.41) is 0. The minimum absolute atomic E-state index is 0.127. The topological polar surface area (TPSA) is 26.3 Å². The first kappa shape index (κ1) is 8.69. The molecule has 9 heavy (non-hydrogen) atoms. The molecular weight excluding hydrogens is 147 g/mol. The first-order valence-electron chi connectivity index (χ1n) is 2.65. The van der Waals surface area contributed by atoms with Crippen molar-refractivity contribution in [2.45, 2.75) is 12.8 Å². The molecule has 0 aromatic heterocycles. The number of carbonyl (C=O) groups excluding carboxylic acids is 1. The zero-order valence-electron chi connectivity index (χ0n) is 4.90. The van der Waals surface area contributed by atoms with E-state index in [-0.39, 0.29) is 6.61 Å². The van der Waals surface area contributed by atoms with Crippen LogP contribution in [0.25, 0.3) is 0 Å². The lowest BCUT2D eigenvalue weighted by atomic mass is 10.4. The van der Waals surface area contributed by atoms with Gasteiger partial charge >= 0.3 is 6.22 Å². The Hall–Kier alpha value is -0.310. The van der Waals surface area contributed by atoms with Gasteiger partial charge in [-0.15, -0.1) is 16.0 Å². The minimum Gasteiger partial charge on any atom is -0.440 e. The van der Waals surface area contributed by atoms with Crippen molar-refractivity contribution in [1.82, 2.24) is 0 Å². The van der Waals surface area contributed by atoms with Crippen LogP contribution in [-0.4, -0.2) is 18.7 Å². The summed E-state index contributed by atoms with van der Waals surface area (Å²) < 4.78 is 15.2. The predicted octanol–water partition coefficient (Wildman–Crippen LogP) is 2.11. The second-order valence-electron chi connectivity index (χ2n) is 1.48. The first-order valence-corrected chi connectivity index (χ1v) is 3.19. The highest BCUT2D eigenvalue weighted by Gasteiger charge is 1.94. The van der Waals surface area contributed by atoms with E-state index < -0.39 is 6.22 Å². The molecule has 0 fully saturated rings. The third-order valence-electron chi connectivity index (χ3n) is 0.744. The first-order chi connectivity index (χ1) is 4.27. The van der Waals surface area contributed by atoms with Crippen LogP contribution in [0.4, 0.5) is 9.18 Å². The molecule has 0 radical (unpaired) electrons. The zero-order chi connectivity index (χ0) is 7.11. The lowest BCUT2D eigenvalue weighted by Gasteiger charge is -1.95. The van der Waals surface area contributed by atoms with E-state index in [1.54, 1.807) is 0 Å². The summed E-state index contributed by atoms with van der Waals surface area (Å²) in [5.41, 5.74) is 0. The van der Waals surface area contributed by atoms with Crippen LogP contribution in [0.15, 0.2) is 0 Å². The zero-order valence-corrected chi connectivity index (χ0v) is 5.66. The number of rotatable bonds is 4. The molecule has 0 aliphatic carbocycles. The van der Waals surface area contributed by atoms with Crippen molar-refractivity contribution >= 4 is 17.8 Å². The van der Waals surface area contributed by atoms with Gasteiger partial charge in [0.05, 0.1) is 6.61 Å². The second-order valence-corrected chi connectivity index (χ2v) is 1.86. The van der Waals surface area contributed by atoms with E-state index in [2.05, 4.69) is 4.74 Å². The van der Waals surface area contributed by atoms with E-state index >= 15 is 0 Å². The van der Waals surface area contributed by atoms with Gasteiger partial charge in [0.25, 0.3) is 0 Å². The molecular formula is C5H8ClFO2. The van der Waals surface area contributed by atoms with Crippen molar-refractivity contribution in [3.63, 3.8) is 0 Å². The maximum absolute atomic E-state index is 11.2. The molecule has 0 saturated heterocycles. The molecule has 4 heteroatoms. The van der Waals surface area contributed by atoms with Crippen molar-refractivity contribution in [1.29, 1.82) is 0 Å². The highest BCUT2D eigenvalue weighted by atomic mass is 35.5. The number of hydrogen-bond acceptors (Lipinski definition) is 2. The fourth-order valence-corrected chi connectivity index (χ4v) is 0.538. The summed E-state index contributed by atoms with van der Waals surface area (Å²) in [6, 6.07) is 0.